The van der Waals surface area contributed by atoms with Crippen LogP contribution < -0.4 is 5.32 Å². The van der Waals surface area contributed by atoms with E-state index in [2.05, 4.69) is 5.32 Å². The molecule has 14 heteroatoms. The molecule has 2 N–H and O–H groups in total. The molecule has 0 radical (unpaired) electrons. The Kier molecular flexibility index (Phi) is 8.45. The number of carboxylic acid groups (broad SMARTS) is 1. The molecule has 0 aliphatic carbocycles. The minimum atomic E-state index is -5.08. The van der Waals surface area contributed by atoms with Gasteiger partial charge in [0, 0.05) is 32.2 Å². The molecular weight excluding hydrogens is 494 g/mol. The average Bonchev–Trinajstić information content (AvgIpc) is 3.27. The summed E-state index contributed by atoms with van der Waals surface area (Å²) in [7, 11) is 4.18. The van der Waals surface area contributed by atoms with E-state index in [1.807, 2.05) is 0 Å². The van der Waals surface area contributed by atoms with Crippen molar-refractivity contribution in [2.45, 2.75) is 31.1 Å². The fourth-order valence-electron chi connectivity index (χ4n) is 4.45. The highest BCUT2D eigenvalue weighted by atomic mass is 19.4. The maximum Gasteiger partial charge on any atom is 0.490 e. The summed E-state index contributed by atoms with van der Waals surface area (Å²) < 4.78 is 49.8. The zero-order chi connectivity index (χ0) is 27.6. The molecule has 3 rings (SSSR count). The van der Waals surface area contributed by atoms with Gasteiger partial charge in [-0.2, -0.15) is 13.2 Å². The Hall–Kier alpha value is -3.55. The Morgan fingerprint density at radius 2 is 1.69 bits per heavy atom. The molecule has 0 saturated carbocycles. The van der Waals surface area contributed by atoms with Gasteiger partial charge >= 0.3 is 18.1 Å². The van der Waals surface area contributed by atoms with E-state index in [0.717, 1.165) is 4.90 Å². The van der Waals surface area contributed by atoms with Crippen molar-refractivity contribution in [2.24, 2.45) is 11.8 Å². The summed E-state index contributed by atoms with van der Waals surface area (Å²) in [5.74, 6) is -6.68. The number of nitrogens with zero attached hydrogens (tertiary/aromatic N) is 2. The number of aliphatic carboxylic acids is 1. The lowest BCUT2D eigenvalue weighted by Gasteiger charge is -2.31. The molecule has 0 aromatic heterocycles. The SMILES string of the molecule is CC[C@@]1(C(=O)OC)N[C@H](CN(C)C(=O)c2ccc(F)cc2)[C@@H]2C(=O)N(C)C(=O)[C@@H]21.O=C(O)C(F)(F)F. The van der Waals surface area contributed by atoms with Crippen LogP contribution >= 0.6 is 0 Å². The number of hydrogen-bond acceptors (Lipinski definition) is 7. The molecule has 10 nitrogen and oxygen atoms in total. The number of alkyl halides is 3. The summed E-state index contributed by atoms with van der Waals surface area (Å²) in [6.07, 6.45) is -4.83. The fraction of sp³-hybridized carbons (Fsp3) is 0.500. The van der Waals surface area contributed by atoms with E-state index in [-0.39, 0.29) is 24.8 Å². The summed E-state index contributed by atoms with van der Waals surface area (Å²) in [6, 6.07) is 4.52. The first-order chi connectivity index (χ1) is 16.6. The summed E-state index contributed by atoms with van der Waals surface area (Å²) in [5.41, 5.74) is -1.04. The highest BCUT2D eigenvalue weighted by molar-refractivity contribution is 6.09. The number of benzene rings is 1. The number of halogens is 4. The lowest BCUT2D eigenvalue weighted by Crippen LogP contribution is -2.57. The third-order valence-corrected chi connectivity index (χ3v) is 6.24. The van der Waals surface area contributed by atoms with E-state index in [1.54, 1.807) is 14.0 Å². The fourth-order valence-corrected chi connectivity index (χ4v) is 4.45. The van der Waals surface area contributed by atoms with Crippen molar-refractivity contribution in [3.63, 3.8) is 0 Å². The van der Waals surface area contributed by atoms with Crippen molar-refractivity contribution in [2.75, 3.05) is 27.7 Å². The number of amides is 3. The van der Waals surface area contributed by atoms with Crippen molar-refractivity contribution in [3.05, 3.63) is 35.6 Å². The van der Waals surface area contributed by atoms with Gasteiger partial charge in [-0.15, -0.1) is 0 Å². The van der Waals surface area contributed by atoms with E-state index in [4.69, 9.17) is 14.6 Å². The molecule has 3 amide bonds. The number of carboxylic acids is 1. The van der Waals surface area contributed by atoms with Gasteiger partial charge < -0.3 is 14.7 Å². The van der Waals surface area contributed by atoms with Crippen LogP contribution in [0.25, 0.3) is 0 Å². The van der Waals surface area contributed by atoms with E-state index < -0.39 is 53.3 Å². The normalized spacial score (nSPS) is 25.1. The van der Waals surface area contributed by atoms with Crippen LogP contribution in [0.1, 0.15) is 23.7 Å². The molecule has 2 fully saturated rings. The van der Waals surface area contributed by atoms with Gasteiger partial charge in [-0.3, -0.25) is 29.4 Å². The van der Waals surface area contributed by atoms with Crippen LogP contribution in [0.15, 0.2) is 24.3 Å². The number of likely N-dealkylation sites (tertiary alicyclic amines) is 1. The number of likely N-dealkylation sites (N-methyl/N-ethyl adjacent to an activating group) is 1. The van der Waals surface area contributed by atoms with Gasteiger partial charge in [0.1, 0.15) is 11.4 Å². The third-order valence-electron chi connectivity index (χ3n) is 6.24. The summed E-state index contributed by atoms with van der Waals surface area (Å²) in [4.78, 5) is 62.1. The molecule has 1 aromatic rings. The number of esters is 1. The average molecular weight is 519 g/mol. The van der Waals surface area contributed by atoms with Crippen LogP contribution in [0.5, 0.6) is 0 Å². The standard InChI is InChI=1S/C20H24FN3O5.C2HF3O2/c1-5-20(19(28)29-4)15-14(17(26)24(3)18(15)27)13(22-20)10-23(2)16(25)11-6-8-12(21)9-7-11;3-2(4,5)1(6)7/h6-9,13-15,22H,5,10H2,1-4H3;(H,6,7)/t13-,14+,15-,20-;/m1./s1. The maximum absolute atomic E-state index is 13.1. The first-order valence-corrected chi connectivity index (χ1v) is 10.6. The number of nitrogens with one attached hydrogen (secondary N) is 1. The predicted molar refractivity (Wildman–Crippen MR) is 114 cm³/mol. The van der Waals surface area contributed by atoms with E-state index in [9.17, 15) is 36.7 Å². The van der Waals surface area contributed by atoms with Gasteiger partial charge in [0.15, 0.2) is 0 Å². The predicted octanol–water partition coefficient (Wildman–Crippen LogP) is 1.06. The largest absolute Gasteiger partial charge is 0.490 e. The van der Waals surface area contributed by atoms with Gasteiger partial charge in [0.05, 0.1) is 18.9 Å². The molecule has 4 atom stereocenters. The molecule has 2 aliphatic rings. The Labute approximate surface area is 203 Å². The molecule has 198 valence electrons. The van der Waals surface area contributed by atoms with Crippen molar-refractivity contribution in [3.8, 4) is 0 Å². The van der Waals surface area contributed by atoms with Crippen LogP contribution in [0.2, 0.25) is 0 Å². The van der Waals surface area contributed by atoms with Crippen molar-refractivity contribution < 1.29 is 51.4 Å². The lowest BCUT2D eigenvalue weighted by atomic mass is 9.78. The number of carbonyl (C=O) groups excluding carboxylic acids is 4. The number of carbonyl (C=O) groups is 5. The van der Waals surface area contributed by atoms with Gasteiger partial charge in [0.2, 0.25) is 11.8 Å². The van der Waals surface area contributed by atoms with Crippen molar-refractivity contribution in [1.82, 2.24) is 15.1 Å². The Morgan fingerprint density at radius 3 is 2.14 bits per heavy atom. The first kappa shape index (κ1) is 28.7. The number of hydrogen-bond donors (Lipinski definition) is 2. The molecular formula is C22H25F4N3O7. The monoisotopic (exact) mass is 519 g/mol. The number of ether oxygens (including phenoxy) is 1. The molecule has 0 bridgehead atoms. The van der Waals surface area contributed by atoms with E-state index in [1.165, 1.54) is 43.3 Å². The molecule has 1 aromatic carbocycles. The Morgan fingerprint density at radius 1 is 1.17 bits per heavy atom. The topological polar surface area (TPSA) is 133 Å². The van der Waals surface area contributed by atoms with E-state index in [0.29, 0.717) is 5.56 Å². The highest BCUT2D eigenvalue weighted by Crippen LogP contribution is 2.44. The van der Waals surface area contributed by atoms with Crippen LogP contribution in [0.4, 0.5) is 17.6 Å². The van der Waals surface area contributed by atoms with Crippen LogP contribution in [-0.2, 0) is 23.9 Å². The van der Waals surface area contributed by atoms with Crippen LogP contribution in [-0.4, -0.2) is 90.1 Å². The number of methoxy groups -OCH3 is 1. The van der Waals surface area contributed by atoms with Gasteiger partial charge in [-0.05, 0) is 30.7 Å². The number of rotatable bonds is 5. The Bertz CT molecular complexity index is 1050. The maximum atomic E-state index is 13.1. The Balaban J connectivity index is 0.000000572. The van der Waals surface area contributed by atoms with Gasteiger partial charge in [-0.25, -0.2) is 9.18 Å². The minimum Gasteiger partial charge on any atom is -0.475 e. The summed E-state index contributed by atoms with van der Waals surface area (Å²) in [5, 5.41) is 10.3. The quantitative estimate of drug-likeness (QED) is 0.335. The third kappa shape index (κ3) is 5.32. The van der Waals surface area contributed by atoms with Crippen molar-refractivity contribution >= 4 is 29.7 Å². The molecule has 2 heterocycles. The van der Waals surface area contributed by atoms with Crippen LogP contribution in [0, 0.1) is 17.7 Å². The summed E-state index contributed by atoms with van der Waals surface area (Å²) >= 11 is 0. The lowest BCUT2D eigenvalue weighted by molar-refractivity contribution is -0.192. The zero-order valence-corrected chi connectivity index (χ0v) is 19.8. The summed E-state index contributed by atoms with van der Waals surface area (Å²) in [6.45, 7) is 1.83. The van der Waals surface area contributed by atoms with Gasteiger partial charge in [-0.1, -0.05) is 6.92 Å². The second kappa shape index (κ2) is 10.6. The molecule has 2 aliphatic heterocycles. The number of imide groups is 1. The molecule has 0 unspecified atom stereocenters. The van der Waals surface area contributed by atoms with E-state index >= 15 is 0 Å². The first-order valence-electron chi connectivity index (χ1n) is 10.6. The minimum absolute atomic E-state index is 0.0863. The van der Waals surface area contributed by atoms with Crippen molar-refractivity contribution in [1.29, 1.82) is 0 Å². The van der Waals surface area contributed by atoms with Gasteiger partial charge in [0.25, 0.3) is 5.91 Å². The molecule has 0 spiro atoms. The molecule has 2 saturated heterocycles. The molecule has 36 heavy (non-hydrogen) atoms. The highest BCUT2D eigenvalue weighted by Gasteiger charge is 2.67. The zero-order valence-electron chi connectivity index (χ0n) is 19.8. The number of fused-ring (bicyclic) bond motifs is 1. The second-order valence-electron chi connectivity index (χ2n) is 8.30. The van der Waals surface area contributed by atoms with Crippen LogP contribution in [0.3, 0.4) is 0 Å². The smallest absolute Gasteiger partial charge is 0.475 e. The second-order valence-corrected chi connectivity index (χ2v) is 8.30.